The van der Waals surface area contributed by atoms with E-state index in [-0.39, 0.29) is 0 Å². The number of hydrazone groups is 1. The molecule has 0 bridgehead atoms. The lowest BCUT2D eigenvalue weighted by Gasteiger charge is -2.05. The van der Waals surface area contributed by atoms with E-state index in [1.54, 1.807) is 0 Å². The zero-order valence-corrected chi connectivity index (χ0v) is 11.1. The van der Waals surface area contributed by atoms with Crippen LogP contribution in [0.3, 0.4) is 0 Å². The SMILES string of the molecule is C/C(=N/NC1=NCCN1)c1ccc(N)c(Br)c1. The van der Waals surface area contributed by atoms with Gasteiger partial charge in [0.1, 0.15) is 0 Å². The predicted octanol–water partition coefficient (Wildman–Crippen LogP) is 1.30. The Labute approximate surface area is 108 Å². The fourth-order valence-electron chi connectivity index (χ4n) is 1.43. The van der Waals surface area contributed by atoms with Gasteiger partial charge in [-0.1, -0.05) is 6.07 Å². The molecule has 0 aromatic heterocycles. The van der Waals surface area contributed by atoms with Crippen LogP contribution in [0.4, 0.5) is 5.69 Å². The van der Waals surface area contributed by atoms with Crippen molar-refractivity contribution in [3.05, 3.63) is 28.2 Å². The number of hydrogen-bond donors (Lipinski definition) is 3. The molecule has 0 radical (unpaired) electrons. The van der Waals surface area contributed by atoms with Gasteiger partial charge in [-0.05, 0) is 40.5 Å². The molecule has 0 aliphatic carbocycles. The fourth-order valence-corrected chi connectivity index (χ4v) is 1.81. The Morgan fingerprint density at radius 2 is 2.41 bits per heavy atom. The number of nitrogen functional groups attached to an aromatic ring is 1. The van der Waals surface area contributed by atoms with Gasteiger partial charge in [0.15, 0.2) is 0 Å². The molecule has 1 aliphatic rings. The average Bonchev–Trinajstić information content (AvgIpc) is 2.82. The lowest BCUT2D eigenvalue weighted by atomic mass is 10.1. The normalized spacial score (nSPS) is 15.4. The second-order valence-electron chi connectivity index (χ2n) is 3.70. The molecule has 0 saturated carbocycles. The molecule has 0 fully saturated rings. The van der Waals surface area contributed by atoms with Crippen molar-refractivity contribution < 1.29 is 0 Å². The van der Waals surface area contributed by atoms with E-state index in [1.807, 2.05) is 25.1 Å². The second-order valence-corrected chi connectivity index (χ2v) is 4.56. The van der Waals surface area contributed by atoms with Crippen LogP contribution in [0.15, 0.2) is 32.8 Å². The molecule has 5 nitrogen and oxygen atoms in total. The van der Waals surface area contributed by atoms with E-state index < -0.39 is 0 Å². The van der Waals surface area contributed by atoms with E-state index in [1.165, 1.54) is 0 Å². The summed E-state index contributed by atoms with van der Waals surface area (Å²) in [6.45, 7) is 3.59. The molecule has 90 valence electrons. The first-order valence-electron chi connectivity index (χ1n) is 5.31. The van der Waals surface area contributed by atoms with Crippen molar-refractivity contribution in [3.8, 4) is 0 Å². The molecule has 0 unspecified atom stereocenters. The molecule has 1 heterocycles. The van der Waals surface area contributed by atoms with Gasteiger partial charge in [0, 0.05) is 16.7 Å². The number of rotatable bonds is 2. The van der Waals surface area contributed by atoms with Gasteiger partial charge in [0.2, 0.25) is 5.96 Å². The third-order valence-electron chi connectivity index (χ3n) is 2.42. The molecule has 1 aromatic rings. The minimum atomic E-state index is 0.719. The molecule has 0 amide bonds. The highest BCUT2D eigenvalue weighted by Gasteiger charge is 2.04. The molecule has 6 heteroatoms. The quantitative estimate of drug-likeness (QED) is 0.437. The van der Waals surface area contributed by atoms with Gasteiger partial charge in [-0.3, -0.25) is 0 Å². The molecule has 0 atom stereocenters. The van der Waals surface area contributed by atoms with Gasteiger partial charge in [0.05, 0.1) is 12.3 Å². The summed E-state index contributed by atoms with van der Waals surface area (Å²) < 4.78 is 0.876. The van der Waals surface area contributed by atoms with Crippen molar-refractivity contribution in [3.63, 3.8) is 0 Å². The number of benzene rings is 1. The Bertz CT molecular complexity index is 481. The highest BCUT2D eigenvalue weighted by atomic mass is 79.9. The van der Waals surface area contributed by atoms with Gasteiger partial charge in [-0.25, -0.2) is 10.4 Å². The van der Waals surface area contributed by atoms with E-state index in [0.717, 1.165) is 40.5 Å². The van der Waals surface area contributed by atoms with Gasteiger partial charge in [-0.15, -0.1) is 0 Å². The Morgan fingerprint density at radius 1 is 1.59 bits per heavy atom. The molecule has 0 spiro atoms. The topological polar surface area (TPSA) is 74.8 Å². The largest absolute Gasteiger partial charge is 0.398 e. The lowest BCUT2D eigenvalue weighted by molar-refractivity contribution is 0.917. The summed E-state index contributed by atoms with van der Waals surface area (Å²) in [7, 11) is 0. The molecule has 1 aliphatic heterocycles. The van der Waals surface area contributed by atoms with Crippen LogP contribution >= 0.6 is 15.9 Å². The first-order valence-corrected chi connectivity index (χ1v) is 6.10. The first-order chi connectivity index (χ1) is 8.16. The van der Waals surface area contributed by atoms with Gasteiger partial charge < -0.3 is 11.1 Å². The third kappa shape index (κ3) is 2.97. The Morgan fingerprint density at radius 3 is 3.06 bits per heavy atom. The molecule has 0 saturated heterocycles. The van der Waals surface area contributed by atoms with Crippen LogP contribution in [0.25, 0.3) is 0 Å². The van der Waals surface area contributed by atoms with Crippen LogP contribution in [0, 0.1) is 0 Å². The number of nitrogens with one attached hydrogen (secondary N) is 2. The van der Waals surface area contributed by atoms with Crippen molar-refractivity contribution in [1.29, 1.82) is 0 Å². The maximum Gasteiger partial charge on any atom is 0.212 e. The van der Waals surface area contributed by atoms with Crippen molar-refractivity contribution in [1.82, 2.24) is 10.7 Å². The van der Waals surface area contributed by atoms with Crippen LogP contribution < -0.4 is 16.5 Å². The van der Waals surface area contributed by atoms with E-state index in [4.69, 9.17) is 5.73 Å². The van der Waals surface area contributed by atoms with Crippen LogP contribution in [-0.4, -0.2) is 24.8 Å². The van der Waals surface area contributed by atoms with Crippen molar-refractivity contribution >= 4 is 33.3 Å². The summed E-state index contributed by atoms with van der Waals surface area (Å²) in [6, 6.07) is 5.73. The number of halogens is 1. The summed E-state index contributed by atoms with van der Waals surface area (Å²) in [5.74, 6) is 0.721. The van der Waals surface area contributed by atoms with Crippen LogP contribution in [0.5, 0.6) is 0 Å². The first kappa shape index (κ1) is 11.9. The minimum Gasteiger partial charge on any atom is -0.398 e. The van der Waals surface area contributed by atoms with Crippen LogP contribution in [0.1, 0.15) is 12.5 Å². The minimum absolute atomic E-state index is 0.719. The molecular formula is C11H14BrN5. The maximum atomic E-state index is 5.73. The predicted molar refractivity (Wildman–Crippen MR) is 74.2 cm³/mol. The molecule has 1 aromatic carbocycles. The summed E-state index contributed by atoms with van der Waals surface area (Å²) >= 11 is 3.40. The number of hydrogen-bond acceptors (Lipinski definition) is 5. The summed E-state index contributed by atoms with van der Waals surface area (Å²) in [5, 5.41) is 7.35. The number of anilines is 1. The number of nitrogens with zero attached hydrogens (tertiary/aromatic N) is 2. The van der Waals surface area contributed by atoms with E-state index in [0.29, 0.717) is 0 Å². The number of nitrogens with two attached hydrogens (primary N) is 1. The maximum absolute atomic E-state index is 5.73. The fraction of sp³-hybridized carbons (Fsp3) is 0.273. The van der Waals surface area contributed by atoms with Gasteiger partial charge in [-0.2, -0.15) is 5.10 Å². The smallest absolute Gasteiger partial charge is 0.212 e. The summed E-state index contributed by atoms with van der Waals surface area (Å²) in [6.07, 6.45) is 0. The Balaban J connectivity index is 2.09. The molecule has 17 heavy (non-hydrogen) atoms. The second kappa shape index (κ2) is 5.18. The standard InChI is InChI=1S/C11H14BrN5/c1-7(16-17-11-14-4-5-15-11)8-2-3-10(13)9(12)6-8/h2-3,6H,4-5,13H2,1H3,(H2,14,15,17)/b16-7-. The highest BCUT2D eigenvalue weighted by Crippen LogP contribution is 2.20. The molecular weight excluding hydrogens is 282 g/mol. The third-order valence-corrected chi connectivity index (χ3v) is 3.11. The Kier molecular flexibility index (Phi) is 3.63. The number of guanidine groups is 1. The molecule has 2 rings (SSSR count). The summed E-state index contributed by atoms with van der Waals surface area (Å²) in [5.41, 5.74) is 11.2. The highest BCUT2D eigenvalue weighted by molar-refractivity contribution is 9.10. The van der Waals surface area contributed by atoms with Crippen molar-refractivity contribution in [2.24, 2.45) is 10.1 Å². The average molecular weight is 296 g/mol. The molecule has 4 N–H and O–H groups in total. The monoisotopic (exact) mass is 295 g/mol. The number of aliphatic imine (C=N–C) groups is 1. The van der Waals surface area contributed by atoms with E-state index in [2.05, 4.69) is 36.8 Å². The van der Waals surface area contributed by atoms with Crippen molar-refractivity contribution in [2.75, 3.05) is 18.8 Å². The van der Waals surface area contributed by atoms with Crippen LogP contribution in [-0.2, 0) is 0 Å². The summed E-state index contributed by atoms with van der Waals surface area (Å²) in [4.78, 5) is 4.19. The van der Waals surface area contributed by atoms with Crippen LogP contribution in [0.2, 0.25) is 0 Å². The zero-order chi connectivity index (χ0) is 12.3. The van der Waals surface area contributed by atoms with E-state index >= 15 is 0 Å². The lowest BCUT2D eigenvalue weighted by Crippen LogP contribution is -2.30. The van der Waals surface area contributed by atoms with Gasteiger partial charge >= 0.3 is 0 Å². The van der Waals surface area contributed by atoms with E-state index in [9.17, 15) is 0 Å². The Hall–Kier alpha value is -1.56. The zero-order valence-electron chi connectivity index (χ0n) is 9.50. The van der Waals surface area contributed by atoms with Crippen molar-refractivity contribution in [2.45, 2.75) is 6.92 Å². The van der Waals surface area contributed by atoms with Gasteiger partial charge in [0.25, 0.3) is 0 Å².